The summed E-state index contributed by atoms with van der Waals surface area (Å²) in [6, 6.07) is 14.0. The fourth-order valence-electron chi connectivity index (χ4n) is 4.20. The van der Waals surface area contributed by atoms with Crippen molar-refractivity contribution in [2.75, 3.05) is 13.6 Å². The third kappa shape index (κ3) is 4.01. The summed E-state index contributed by atoms with van der Waals surface area (Å²) < 4.78 is 25.2. The zero-order chi connectivity index (χ0) is 22.2. The molecular formula is C23H26N4O3S. The highest BCUT2D eigenvalue weighted by molar-refractivity contribution is 7.89. The number of sulfonamides is 1. The van der Waals surface area contributed by atoms with Crippen molar-refractivity contribution in [2.45, 2.75) is 18.2 Å². The summed E-state index contributed by atoms with van der Waals surface area (Å²) in [6.07, 6.45) is 4.80. The minimum atomic E-state index is -3.87. The van der Waals surface area contributed by atoms with Crippen LogP contribution in [0.4, 0.5) is 0 Å². The Balaban J connectivity index is 1.62. The predicted octanol–water partition coefficient (Wildman–Crippen LogP) is 2.67. The molecule has 0 radical (unpaired) electrons. The van der Waals surface area contributed by atoms with E-state index >= 15 is 0 Å². The Kier molecular flexibility index (Phi) is 5.70. The monoisotopic (exact) mass is 438 g/mol. The van der Waals surface area contributed by atoms with E-state index in [9.17, 15) is 13.2 Å². The van der Waals surface area contributed by atoms with Gasteiger partial charge in [-0.3, -0.25) is 9.80 Å². The molecule has 162 valence electrons. The molecule has 0 spiro atoms. The number of nitrogens with zero attached hydrogens (tertiary/aromatic N) is 1. The van der Waals surface area contributed by atoms with Crippen molar-refractivity contribution in [1.29, 1.82) is 0 Å². The standard InChI is InChI=1S/C23H26N4O3S/c1-15-11-17-14-25-21-10-6-9-19(22(17)21)20(15)12-16(13-24)23(28)27(2)26-31(29,30)18-7-4-3-5-8-18/h3-10,12,14-16,25-26H,11,13,24H2,1-2H3/b20-12+/t15-,16-/m1/s1. The van der Waals surface area contributed by atoms with Crippen molar-refractivity contribution >= 4 is 32.4 Å². The summed E-state index contributed by atoms with van der Waals surface area (Å²) in [5, 5.41) is 2.18. The molecular weight excluding hydrogens is 412 g/mol. The number of hydrazine groups is 1. The Morgan fingerprint density at radius 2 is 2.00 bits per heavy atom. The first-order valence-electron chi connectivity index (χ1n) is 10.2. The number of aromatic amines is 1. The van der Waals surface area contributed by atoms with Crippen molar-refractivity contribution in [3.8, 4) is 0 Å². The Labute approximate surface area is 182 Å². The summed E-state index contributed by atoms with van der Waals surface area (Å²) in [6.45, 7) is 2.20. The number of benzene rings is 2. The SMILES string of the molecule is C[C@@H]1Cc2c[nH]c3cccc(c23)/C1=C/[C@H](CN)C(=O)N(C)NS(=O)(=O)c1ccccc1. The largest absolute Gasteiger partial charge is 0.361 e. The number of amides is 1. The first-order valence-corrected chi connectivity index (χ1v) is 11.7. The molecule has 0 fully saturated rings. The molecule has 7 nitrogen and oxygen atoms in total. The molecule has 4 rings (SSSR count). The molecule has 0 bridgehead atoms. The van der Waals surface area contributed by atoms with E-state index in [2.05, 4.69) is 22.8 Å². The summed E-state index contributed by atoms with van der Waals surface area (Å²) in [5.41, 5.74) is 10.4. The second-order valence-electron chi connectivity index (χ2n) is 7.92. The molecule has 0 saturated carbocycles. The van der Waals surface area contributed by atoms with Crippen molar-refractivity contribution < 1.29 is 13.2 Å². The second kappa shape index (κ2) is 8.30. The molecule has 4 N–H and O–H groups in total. The summed E-state index contributed by atoms with van der Waals surface area (Å²) in [7, 11) is -2.46. The molecule has 0 aliphatic heterocycles. The van der Waals surface area contributed by atoms with Gasteiger partial charge in [0.15, 0.2) is 0 Å². The number of carbonyl (C=O) groups is 1. The van der Waals surface area contributed by atoms with Crippen molar-refractivity contribution in [2.24, 2.45) is 17.6 Å². The van der Waals surface area contributed by atoms with Crippen LogP contribution in [0.5, 0.6) is 0 Å². The number of aromatic nitrogens is 1. The lowest BCUT2D eigenvalue weighted by atomic mass is 9.80. The van der Waals surface area contributed by atoms with Crippen LogP contribution in [0.2, 0.25) is 0 Å². The van der Waals surface area contributed by atoms with Crippen LogP contribution in [0.3, 0.4) is 0 Å². The van der Waals surface area contributed by atoms with E-state index in [1.165, 1.54) is 30.1 Å². The number of carbonyl (C=O) groups excluding carboxylic acids is 1. The number of hydrogen-bond donors (Lipinski definition) is 3. The lowest BCUT2D eigenvalue weighted by Crippen LogP contribution is -2.47. The molecule has 1 aliphatic carbocycles. The molecule has 31 heavy (non-hydrogen) atoms. The molecule has 1 aromatic heterocycles. The van der Waals surface area contributed by atoms with E-state index in [1.54, 1.807) is 18.2 Å². The molecule has 2 aromatic carbocycles. The highest BCUT2D eigenvalue weighted by Crippen LogP contribution is 2.39. The molecule has 0 saturated heterocycles. The fourth-order valence-corrected chi connectivity index (χ4v) is 5.27. The average Bonchev–Trinajstić information content (AvgIpc) is 3.17. The van der Waals surface area contributed by atoms with Crippen molar-refractivity contribution in [3.05, 3.63) is 71.9 Å². The quantitative estimate of drug-likeness (QED) is 0.514. The first-order chi connectivity index (χ1) is 14.8. The Hall–Kier alpha value is -2.94. The maximum atomic E-state index is 13.1. The van der Waals surface area contributed by atoms with Crippen LogP contribution < -0.4 is 10.6 Å². The topological polar surface area (TPSA) is 108 Å². The van der Waals surface area contributed by atoms with Crippen molar-refractivity contribution in [1.82, 2.24) is 14.8 Å². The predicted molar refractivity (Wildman–Crippen MR) is 121 cm³/mol. The molecule has 1 aliphatic rings. The van der Waals surface area contributed by atoms with Gasteiger partial charge in [-0.25, -0.2) is 8.42 Å². The lowest BCUT2D eigenvalue weighted by Gasteiger charge is -2.26. The zero-order valence-electron chi connectivity index (χ0n) is 17.5. The molecule has 8 heteroatoms. The smallest absolute Gasteiger partial charge is 0.257 e. The van der Waals surface area contributed by atoms with E-state index in [0.717, 1.165) is 28.1 Å². The van der Waals surface area contributed by atoms with E-state index in [-0.39, 0.29) is 17.4 Å². The number of hydrogen-bond acceptors (Lipinski definition) is 4. The Morgan fingerprint density at radius 3 is 2.71 bits per heavy atom. The normalized spacial score (nSPS) is 18.3. The van der Waals surface area contributed by atoms with Gasteiger partial charge < -0.3 is 10.7 Å². The van der Waals surface area contributed by atoms with E-state index < -0.39 is 21.8 Å². The minimum absolute atomic E-state index is 0.0719. The third-order valence-corrected chi connectivity index (χ3v) is 7.16. The van der Waals surface area contributed by atoms with Gasteiger partial charge in [0.25, 0.3) is 10.0 Å². The summed E-state index contributed by atoms with van der Waals surface area (Å²) >= 11 is 0. The molecule has 2 atom stereocenters. The number of nitrogens with two attached hydrogens (primary N) is 1. The van der Waals surface area contributed by atoms with E-state index in [1.807, 2.05) is 24.4 Å². The maximum absolute atomic E-state index is 13.1. The van der Waals surface area contributed by atoms with Crippen LogP contribution >= 0.6 is 0 Å². The van der Waals surface area contributed by atoms with Crippen LogP contribution in [0.1, 0.15) is 18.1 Å². The second-order valence-corrected chi connectivity index (χ2v) is 9.58. The highest BCUT2D eigenvalue weighted by atomic mass is 32.2. The lowest BCUT2D eigenvalue weighted by molar-refractivity contribution is -0.133. The summed E-state index contributed by atoms with van der Waals surface area (Å²) in [4.78, 5) is 18.8. The fraction of sp³-hybridized carbons (Fsp3) is 0.261. The highest BCUT2D eigenvalue weighted by Gasteiger charge is 2.28. The molecule has 3 aromatic rings. The van der Waals surface area contributed by atoms with Crippen LogP contribution in [0.25, 0.3) is 16.5 Å². The number of rotatable bonds is 6. The van der Waals surface area contributed by atoms with Gasteiger partial charge in [-0.05, 0) is 47.2 Å². The average molecular weight is 439 g/mol. The van der Waals surface area contributed by atoms with Crippen LogP contribution in [0.15, 0.2) is 65.7 Å². The Bertz CT molecular complexity index is 1250. The molecule has 1 heterocycles. The Morgan fingerprint density at radius 1 is 1.26 bits per heavy atom. The number of H-pyrrole nitrogens is 1. The van der Waals surface area contributed by atoms with Gasteiger partial charge >= 0.3 is 0 Å². The van der Waals surface area contributed by atoms with Gasteiger partial charge in [-0.15, -0.1) is 4.83 Å². The van der Waals surface area contributed by atoms with E-state index in [0.29, 0.717) is 0 Å². The van der Waals surface area contributed by atoms with Crippen molar-refractivity contribution in [3.63, 3.8) is 0 Å². The van der Waals surface area contributed by atoms with Crippen LogP contribution in [-0.2, 0) is 21.2 Å². The van der Waals surface area contributed by atoms with Gasteiger partial charge in [-0.2, -0.15) is 0 Å². The first kappa shape index (κ1) is 21.3. The maximum Gasteiger partial charge on any atom is 0.257 e. The van der Waals surface area contributed by atoms with Gasteiger partial charge in [0, 0.05) is 30.7 Å². The minimum Gasteiger partial charge on any atom is -0.361 e. The van der Waals surface area contributed by atoms with Crippen LogP contribution in [-0.4, -0.2) is 37.9 Å². The zero-order valence-corrected chi connectivity index (χ0v) is 18.3. The van der Waals surface area contributed by atoms with Gasteiger partial charge in [0.2, 0.25) is 5.91 Å². The molecule has 1 amide bonds. The van der Waals surface area contributed by atoms with E-state index in [4.69, 9.17) is 5.73 Å². The van der Waals surface area contributed by atoms with Crippen LogP contribution in [0, 0.1) is 11.8 Å². The third-order valence-electron chi connectivity index (χ3n) is 5.75. The van der Waals surface area contributed by atoms with Gasteiger partial charge in [0.05, 0.1) is 10.8 Å². The van der Waals surface area contributed by atoms with Gasteiger partial charge in [-0.1, -0.05) is 43.3 Å². The number of nitrogens with one attached hydrogen (secondary N) is 2. The van der Waals surface area contributed by atoms with Gasteiger partial charge in [0.1, 0.15) is 0 Å². The molecule has 0 unspecified atom stereocenters. The summed E-state index contributed by atoms with van der Waals surface area (Å²) in [5.74, 6) is -0.854. The number of allylic oxidation sites excluding steroid dienone is 1.